The van der Waals surface area contributed by atoms with Crippen LogP contribution in [-0.2, 0) is 11.3 Å². The minimum Gasteiger partial charge on any atom is -0.376 e. The zero-order valence-electron chi connectivity index (χ0n) is 9.28. The van der Waals surface area contributed by atoms with Gasteiger partial charge in [-0.1, -0.05) is 0 Å². The van der Waals surface area contributed by atoms with Gasteiger partial charge < -0.3 is 14.3 Å². The summed E-state index contributed by atoms with van der Waals surface area (Å²) >= 11 is 5.26. The lowest BCUT2D eigenvalue weighted by molar-refractivity contribution is 0.0976. The number of aromatic amines is 1. The highest BCUT2D eigenvalue weighted by atomic mass is 32.1. The van der Waals surface area contributed by atoms with E-state index < -0.39 is 0 Å². The monoisotopic (exact) mass is 252 g/mol. The van der Waals surface area contributed by atoms with Crippen molar-refractivity contribution < 1.29 is 9.13 Å². The van der Waals surface area contributed by atoms with Gasteiger partial charge in [0, 0.05) is 6.61 Å². The van der Waals surface area contributed by atoms with Crippen molar-refractivity contribution in [3.63, 3.8) is 0 Å². The Morgan fingerprint density at radius 2 is 2.41 bits per heavy atom. The van der Waals surface area contributed by atoms with Gasteiger partial charge in [0.15, 0.2) is 4.77 Å². The zero-order chi connectivity index (χ0) is 11.8. The molecule has 5 heteroatoms. The number of imidazole rings is 1. The van der Waals surface area contributed by atoms with Gasteiger partial charge in [0.1, 0.15) is 5.82 Å². The smallest absolute Gasteiger partial charge is 0.178 e. The van der Waals surface area contributed by atoms with Crippen molar-refractivity contribution in [2.75, 3.05) is 6.61 Å². The van der Waals surface area contributed by atoms with E-state index in [0.717, 1.165) is 37.0 Å². The molecule has 0 saturated carbocycles. The molecule has 1 aliphatic heterocycles. The summed E-state index contributed by atoms with van der Waals surface area (Å²) in [6.07, 6.45) is 2.40. The Balaban J connectivity index is 2.02. The van der Waals surface area contributed by atoms with Gasteiger partial charge in [-0.2, -0.15) is 0 Å². The standard InChI is InChI=1S/C12H13FN2OS/c13-8-3-4-11-10(6-8)14-12(17)15(11)7-9-2-1-5-16-9/h3-4,6,9H,1-2,5,7H2,(H,14,17). The van der Waals surface area contributed by atoms with Crippen LogP contribution in [0.15, 0.2) is 18.2 Å². The van der Waals surface area contributed by atoms with Crippen LogP contribution >= 0.6 is 12.2 Å². The van der Waals surface area contributed by atoms with E-state index in [1.807, 2.05) is 4.57 Å². The van der Waals surface area contributed by atoms with Crippen LogP contribution in [-0.4, -0.2) is 22.3 Å². The maximum absolute atomic E-state index is 13.1. The molecular formula is C12H13FN2OS. The lowest BCUT2D eigenvalue weighted by Crippen LogP contribution is -2.14. The van der Waals surface area contributed by atoms with Crippen LogP contribution in [0.5, 0.6) is 0 Å². The van der Waals surface area contributed by atoms with Crippen molar-refractivity contribution in [2.45, 2.75) is 25.5 Å². The van der Waals surface area contributed by atoms with Gasteiger partial charge in [-0.25, -0.2) is 4.39 Å². The van der Waals surface area contributed by atoms with Gasteiger partial charge in [0.2, 0.25) is 0 Å². The predicted octanol–water partition coefficient (Wildman–Crippen LogP) is 3.02. The van der Waals surface area contributed by atoms with E-state index in [1.165, 1.54) is 12.1 Å². The molecule has 90 valence electrons. The third kappa shape index (κ3) is 2.00. The van der Waals surface area contributed by atoms with Crippen LogP contribution in [0.1, 0.15) is 12.8 Å². The minimum atomic E-state index is -0.252. The highest BCUT2D eigenvalue weighted by molar-refractivity contribution is 7.71. The number of nitrogens with one attached hydrogen (secondary N) is 1. The number of halogens is 1. The number of H-pyrrole nitrogens is 1. The average molecular weight is 252 g/mol. The summed E-state index contributed by atoms with van der Waals surface area (Å²) in [5.41, 5.74) is 1.68. The number of hydrogen-bond donors (Lipinski definition) is 1. The van der Waals surface area contributed by atoms with E-state index in [4.69, 9.17) is 17.0 Å². The molecule has 0 bridgehead atoms. The molecule has 1 atom stereocenters. The average Bonchev–Trinajstić information content (AvgIpc) is 2.88. The molecule has 1 N–H and O–H groups in total. The fourth-order valence-electron chi connectivity index (χ4n) is 2.31. The second kappa shape index (κ2) is 4.23. The predicted molar refractivity (Wildman–Crippen MR) is 66.1 cm³/mol. The molecule has 1 aromatic heterocycles. The zero-order valence-corrected chi connectivity index (χ0v) is 10.1. The fourth-order valence-corrected chi connectivity index (χ4v) is 2.59. The van der Waals surface area contributed by atoms with Crippen molar-refractivity contribution in [3.05, 3.63) is 28.8 Å². The molecule has 3 nitrogen and oxygen atoms in total. The molecule has 0 aliphatic carbocycles. The van der Waals surface area contributed by atoms with Gasteiger partial charge in [0.25, 0.3) is 0 Å². The van der Waals surface area contributed by atoms with Gasteiger partial charge in [0.05, 0.1) is 23.7 Å². The van der Waals surface area contributed by atoms with E-state index >= 15 is 0 Å². The largest absolute Gasteiger partial charge is 0.376 e. The third-order valence-electron chi connectivity index (χ3n) is 3.15. The number of hydrogen-bond acceptors (Lipinski definition) is 2. The lowest BCUT2D eigenvalue weighted by atomic mass is 10.2. The van der Waals surface area contributed by atoms with E-state index in [0.29, 0.717) is 4.77 Å². The molecule has 0 amide bonds. The van der Waals surface area contributed by atoms with Crippen molar-refractivity contribution in [1.29, 1.82) is 0 Å². The Hall–Kier alpha value is -1.20. The number of nitrogens with zero attached hydrogens (tertiary/aromatic N) is 1. The quantitative estimate of drug-likeness (QED) is 0.833. The molecule has 3 rings (SSSR count). The Kier molecular flexibility index (Phi) is 2.72. The van der Waals surface area contributed by atoms with Crippen LogP contribution in [0, 0.1) is 10.6 Å². The molecule has 17 heavy (non-hydrogen) atoms. The van der Waals surface area contributed by atoms with Crippen LogP contribution in [0.25, 0.3) is 11.0 Å². The number of aromatic nitrogens is 2. The van der Waals surface area contributed by atoms with Crippen molar-refractivity contribution >= 4 is 23.3 Å². The molecule has 1 aliphatic rings. The molecule has 1 saturated heterocycles. The summed E-state index contributed by atoms with van der Waals surface area (Å²) in [5.74, 6) is -0.252. The normalized spacial score (nSPS) is 20.2. The molecular weight excluding hydrogens is 239 g/mol. The number of ether oxygens (including phenoxy) is 1. The summed E-state index contributed by atoms with van der Waals surface area (Å²) in [6.45, 7) is 1.57. The van der Waals surface area contributed by atoms with Gasteiger partial charge in [-0.3, -0.25) is 0 Å². The second-order valence-electron chi connectivity index (χ2n) is 4.34. The third-order valence-corrected chi connectivity index (χ3v) is 3.47. The van der Waals surface area contributed by atoms with Crippen LogP contribution in [0.4, 0.5) is 4.39 Å². The molecule has 1 fully saturated rings. The van der Waals surface area contributed by atoms with Crippen molar-refractivity contribution in [2.24, 2.45) is 0 Å². The summed E-state index contributed by atoms with van der Waals surface area (Å²) in [6, 6.07) is 4.68. The fraction of sp³-hybridized carbons (Fsp3) is 0.417. The van der Waals surface area contributed by atoms with E-state index in [-0.39, 0.29) is 11.9 Å². The van der Waals surface area contributed by atoms with E-state index in [1.54, 1.807) is 6.07 Å². The van der Waals surface area contributed by atoms with E-state index in [9.17, 15) is 4.39 Å². The van der Waals surface area contributed by atoms with E-state index in [2.05, 4.69) is 4.98 Å². The van der Waals surface area contributed by atoms with Crippen LogP contribution in [0.2, 0.25) is 0 Å². The Bertz CT molecular complexity index is 598. The molecule has 2 heterocycles. The highest BCUT2D eigenvalue weighted by Crippen LogP contribution is 2.19. The van der Waals surface area contributed by atoms with Gasteiger partial charge in [-0.15, -0.1) is 0 Å². The van der Waals surface area contributed by atoms with Gasteiger partial charge >= 0.3 is 0 Å². The van der Waals surface area contributed by atoms with Crippen molar-refractivity contribution in [1.82, 2.24) is 9.55 Å². The molecule has 1 aromatic carbocycles. The first kappa shape index (κ1) is 10.9. The molecule has 0 spiro atoms. The first-order valence-corrected chi connectivity index (χ1v) is 6.14. The molecule has 2 aromatic rings. The summed E-state index contributed by atoms with van der Waals surface area (Å²) in [7, 11) is 0. The number of benzene rings is 1. The second-order valence-corrected chi connectivity index (χ2v) is 4.72. The maximum Gasteiger partial charge on any atom is 0.178 e. The summed E-state index contributed by atoms with van der Waals surface area (Å²) in [4.78, 5) is 3.02. The first-order valence-electron chi connectivity index (χ1n) is 5.74. The highest BCUT2D eigenvalue weighted by Gasteiger charge is 2.17. The Labute approximate surface area is 103 Å². The summed E-state index contributed by atoms with van der Waals surface area (Å²) in [5, 5.41) is 0. The lowest BCUT2D eigenvalue weighted by Gasteiger charge is -2.10. The van der Waals surface area contributed by atoms with Crippen molar-refractivity contribution in [3.8, 4) is 0 Å². The minimum absolute atomic E-state index is 0.228. The summed E-state index contributed by atoms with van der Waals surface area (Å²) < 4.78 is 21.3. The molecule has 0 radical (unpaired) electrons. The van der Waals surface area contributed by atoms with Crippen LogP contribution in [0.3, 0.4) is 0 Å². The van der Waals surface area contributed by atoms with Crippen LogP contribution < -0.4 is 0 Å². The maximum atomic E-state index is 13.1. The Morgan fingerprint density at radius 1 is 1.53 bits per heavy atom. The number of rotatable bonds is 2. The SMILES string of the molecule is Fc1ccc2c(c1)[nH]c(=S)n2CC1CCCO1. The Morgan fingerprint density at radius 3 is 3.18 bits per heavy atom. The topological polar surface area (TPSA) is 29.9 Å². The number of fused-ring (bicyclic) bond motifs is 1. The molecule has 1 unspecified atom stereocenters. The van der Waals surface area contributed by atoms with Gasteiger partial charge in [-0.05, 0) is 43.3 Å². The first-order chi connectivity index (χ1) is 8.24.